The van der Waals surface area contributed by atoms with Crippen LogP contribution in [0.2, 0.25) is 5.02 Å². The molecule has 0 atom stereocenters. The SMILES string of the molecule is COc1cc(/C=N/NC(=O)COc2ccc(C(C)C)cc2)ccc1OC(=O)c1sc2ccccc2c1Cl. The zero-order valence-electron chi connectivity index (χ0n) is 20.5. The number of nitrogens with one attached hydrogen (secondary N) is 1. The molecule has 1 amide bonds. The number of halogens is 1. The minimum Gasteiger partial charge on any atom is -0.493 e. The van der Waals surface area contributed by atoms with Gasteiger partial charge in [0.1, 0.15) is 10.6 Å². The lowest BCUT2D eigenvalue weighted by atomic mass is 10.0. The Hall–Kier alpha value is -3.88. The first-order valence-electron chi connectivity index (χ1n) is 11.5. The van der Waals surface area contributed by atoms with Crippen molar-refractivity contribution in [2.45, 2.75) is 19.8 Å². The Balaban J connectivity index is 1.34. The van der Waals surface area contributed by atoms with Gasteiger partial charge in [0.15, 0.2) is 18.1 Å². The summed E-state index contributed by atoms with van der Waals surface area (Å²) in [6.07, 6.45) is 1.45. The van der Waals surface area contributed by atoms with Crippen molar-refractivity contribution < 1.29 is 23.8 Å². The van der Waals surface area contributed by atoms with Crippen LogP contribution in [-0.2, 0) is 4.79 Å². The molecule has 0 aliphatic heterocycles. The standard InChI is InChI=1S/C28H25ClN2O5S/c1-17(2)19-9-11-20(12-10-19)35-16-25(32)31-30-15-18-8-13-22(23(14-18)34-3)36-28(33)27-26(29)21-6-4-5-7-24(21)37-27/h4-15,17H,16H2,1-3H3,(H,31,32)/b30-15+. The van der Waals surface area contributed by atoms with Crippen LogP contribution in [0.4, 0.5) is 0 Å². The van der Waals surface area contributed by atoms with E-state index in [0.29, 0.717) is 32.9 Å². The minimum atomic E-state index is -0.572. The van der Waals surface area contributed by atoms with Gasteiger partial charge in [0, 0.05) is 10.1 Å². The Bertz CT molecular complexity index is 1450. The Morgan fingerprint density at radius 1 is 1.05 bits per heavy atom. The molecule has 0 radical (unpaired) electrons. The first kappa shape index (κ1) is 26.2. The highest BCUT2D eigenvalue weighted by Gasteiger charge is 2.20. The average Bonchev–Trinajstić information content (AvgIpc) is 3.25. The van der Waals surface area contributed by atoms with E-state index in [4.69, 9.17) is 25.8 Å². The van der Waals surface area contributed by atoms with Gasteiger partial charge in [-0.05, 0) is 53.4 Å². The second-order valence-electron chi connectivity index (χ2n) is 8.35. The number of benzene rings is 3. The number of ether oxygens (including phenoxy) is 3. The van der Waals surface area contributed by atoms with Crippen molar-refractivity contribution in [3.05, 3.63) is 87.8 Å². The van der Waals surface area contributed by atoms with Gasteiger partial charge in [0.2, 0.25) is 0 Å². The average molecular weight is 537 g/mol. The number of rotatable bonds is 9. The molecule has 7 nitrogen and oxygen atoms in total. The normalized spacial score (nSPS) is 11.2. The maximum Gasteiger partial charge on any atom is 0.355 e. The van der Waals surface area contributed by atoms with Crippen LogP contribution >= 0.6 is 22.9 Å². The quantitative estimate of drug-likeness (QED) is 0.115. The van der Waals surface area contributed by atoms with Crippen LogP contribution < -0.4 is 19.6 Å². The van der Waals surface area contributed by atoms with Crippen molar-refractivity contribution in [2.75, 3.05) is 13.7 Å². The maximum atomic E-state index is 12.8. The first-order valence-corrected chi connectivity index (χ1v) is 12.7. The Labute approximate surface area is 223 Å². The van der Waals surface area contributed by atoms with Crippen LogP contribution in [-0.4, -0.2) is 31.8 Å². The van der Waals surface area contributed by atoms with E-state index >= 15 is 0 Å². The van der Waals surface area contributed by atoms with E-state index in [9.17, 15) is 9.59 Å². The predicted octanol–water partition coefficient (Wildman–Crippen LogP) is 6.44. The molecule has 1 heterocycles. The number of fused-ring (bicyclic) bond motifs is 1. The molecule has 0 fully saturated rings. The molecule has 0 aliphatic carbocycles. The Kier molecular flexibility index (Phi) is 8.43. The first-order chi connectivity index (χ1) is 17.9. The number of methoxy groups -OCH3 is 1. The van der Waals surface area contributed by atoms with Crippen LogP contribution in [0.5, 0.6) is 17.2 Å². The Morgan fingerprint density at radius 2 is 1.81 bits per heavy atom. The van der Waals surface area contributed by atoms with E-state index in [1.165, 1.54) is 30.2 Å². The highest BCUT2D eigenvalue weighted by molar-refractivity contribution is 7.21. The number of thiophene rings is 1. The maximum absolute atomic E-state index is 12.8. The molecule has 3 aromatic carbocycles. The number of amides is 1. The van der Waals surface area contributed by atoms with Crippen LogP contribution in [0, 0.1) is 0 Å². The molecule has 0 saturated carbocycles. The van der Waals surface area contributed by atoms with E-state index in [0.717, 1.165) is 10.1 Å². The summed E-state index contributed by atoms with van der Waals surface area (Å²) in [6, 6.07) is 20.0. The molecule has 1 aromatic heterocycles. The third-order valence-corrected chi connectivity index (χ3v) is 7.09. The van der Waals surface area contributed by atoms with Gasteiger partial charge in [-0.2, -0.15) is 5.10 Å². The van der Waals surface area contributed by atoms with Crippen molar-refractivity contribution in [3.8, 4) is 17.2 Å². The minimum absolute atomic E-state index is 0.170. The molecule has 1 N–H and O–H groups in total. The second kappa shape index (κ2) is 11.9. The third-order valence-electron chi connectivity index (χ3n) is 5.43. The largest absolute Gasteiger partial charge is 0.493 e. The summed E-state index contributed by atoms with van der Waals surface area (Å²) in [4.78, 5) is 25.2. The lowest BCUT2D eigenvalue weighted by Crippen LogP contribution is -2.24. The van der Waals surface area contributed by atoms with Gasteiger partial charge in [-0.3, -0.25) is 4.79 Å². The second-order valence-corrected chi connectivity index (χ2v) is 9.78. The molecule has 0 aliphatic rings. The number of nitrogens with zero attached hydrogens (tertiary/aromatic N) is 1. The summed E-state index contributed by atoms with van der Waals surface area (Å²) >= 11 is 7.66. The third kappa shape index (κ3) is 6.47. The highest BCUT2D eigenvalue weighted by atomic mass is 35.5. The summed E-state index contributed by atoms with van der Waals surface area (Å²) in [5.41, 5.74) is 4.24. The Morgan fingerprint density at radius 3 is 2.51 bits per heavy atom. The lowest BCUT2D eigenvalue weighted by molar-refractivity contribution is -0.123. The molecule has 0 spiro atoms. The number of carbonyl (C=O) groups excluding carboxylic acids is 2. The van der Waals surface area contributed by atoms with Gasteiger partial charge < -0.3 is 14.2 Å². The van der Waals surface area contributed by atoms with E-state index in [-0.39, 0.29) is 12.4 Å². The highest BCUT2D eigenvalue weighted by Crippen LogP contribution is 2.37. The van der Waals surface area contributed by atoms with Gasteiger partial charge in [-0.25, -0.2) is 10.2 Å². The fourth-order valence-electron chi connectivity index (χ4n) is 3.45. The van der Waals surface area contributed by atoms with Crippen LogP contribution in [0.25, 0.3) is 10.1 Å². The number of hydrogen-bond donors (Lipinski definition) is 1. The number of hydrazone groups is 1. The van der Waals surface area contributed by atoms with Gasteiger partial charge >= 0.3 is 5.97 Å². The zero-order chi connectivity index (χ0) is 26.4. The molecule has 190 valence electrons. The molecule has 37 heavy (non-hydrogen) atoms. The zero-order valence-corrected chi connectivity index (χ0v) is 22.1. The van der Waals surface area contributed by atoms with E-state index in [1.807, 2.05) is 48.5 Å². The smallest absolute Gasteiger partial charge is 0.355 e. The summed E-state index contributed by atoms with van der Waals surface area (Å²) in [6.45, 7) is 4.05. The lowest BCUT2D eigenvalue weighted by Gasteiger charge is -2.09. The van der Waals surface area contributed by atoms with Crippen LogP contribution in [0.15, 0.2) is 71.8 Å². The van der Waals surface area contributed by atoms with Crippen molar-refractivity contribution in [2.24, 2.45) is 5.10 Å². The van der Waals surface area contributed by atoms with E-state index in [2.05, 4.69) is 24.4 Å². The van der Waals surface area contributed by atoms with E-state index in [1.54, 1.807) is 18.2 Å². The predicted molar refractivity (Wildman–Crippen MR) is 147 cm³/mol. The molecule has 0 unspecified atom stereocenters. The molecule has 4 rings (SSSR count). The van der Waals surface area contributed by atoms with Gasteiger partial charge in [-0.15, -0.1) is 11.3 Å². The molecule has 0 saturated heterocycles. The molecule has 0 bridgehead atoms. The fraction of sp³-hybridized carbons (Fsp3) is 0.179. The number of carbonyl (C=O) groups is 2. The van der Waals surface area contributed by atoms with Crippen molar-refractivity contribution in [1.29, 1.82) is 0 Å². The summed E-state index contributed by atoms with van der Waals surface area (Å²) < 4.78 is 17.3. The fourth-order valence-corrected chi connectivity index (χ4v) is 4.83. The van der Waals surface area contributed by atoms with Crippen LogP contribution in [0.1, 0.15) is 40.6 Å². The summed E-state index contributed by atoms with van der Waals surface area (Å²) in [5.74, 6) is 0.619. The van der Waals surface area contributed by atoms with Crippen LogP contribution in [0.3, 0.4) is 0 Å². The van der Waals surface area contributed by atoms with E-state index < -0.39 is 11.9 Å². The van der Waals surface area contributed by atoms with Gasteiger partial charge in [0.25, 0.3) is 5.91 Å². The van der Waals surface area contributed by atoms with Crippen molar-refractivity contribution in [3.63, 3.8) is 0 Å². The monoisotopic (exact) mass is 536 g/mol. The number of esters is 1. The summed E-state index contributed by atoms with van der Waals surface area (Å²) in [5, 5.41) is 5.12. The molecular weight excluding hydrogens is 512 g/mol. The number of hydrogen-bond acceptors (Lipinski definition) is 7. The summed E-state index contributed by atoms with van der Waals surface area (Å²) in [7, 11) is 1.47. The van der Waals surface area contributed by atoms with Crippen molar-refractivity contribution in [1.82, 2.24) is 5.43 Å². The molecule has 4 aromatic rings. The topological polar surface area (TPSA) is 86.2 Å². The van der Waals surface area contributed by atoms with Crippen molar-refractivity contribution >= 4 is 51.1 Å². The molecular formula is C28H25ClN2O5S. The van der Waals surface area contributed by atoms with Gasteiger partial charge in [-0.1, -0.05) is 55.8 Å². The van der Waals surface area contributed by atoms with Gasteiger partial charge in [0.05, 0.1) is 18.3 Å². The molecule has 9 heteroatoms.